The van der Waals surface area contributed by atoms with Crippen LogP contribution in [0.15, 0.2) is 59.7 Å². The Morgan fingerprint density at radius 1 is 1.08 bits per heavy atom. The summed E-state index contributed by atoms with van der Waals surface area (Å²) in [7, 11) is 0. The Morgan fingerprint density at radius 3 is 2.46 bits per heavy atom. The minimum Gasteiger partial charge on any atom is -0.423 e. The van der Waals surface area contributed by atoms with Gasteiger partial charge in [-0.3, -0.25) is 4.79 Å². The van der Waals surface area contributed by atoms with E-state index in [4.69, 9.17) is 4.74 Å². The number of nitrogens with one attached hydrogen (secondary N) is 1. The summed E-state index contributed by atoms with van der Waals surface area (Å²) >= 11 is 0. The lowest BCUT2D eigenvalue weighted by Crippen LogP contribution is -2.16. The zero-order valence-corrected chi connectivity index (χ0v) is 13.6. The number of carbonyl (C=O) groups is 2. The fourth-order valence-electron chi connectivity index (χ4n) is 1.93. The van der Waals surface area contributed by atoms with Crippen LogP contribution in [0.2, 0.25) is 0 Å². The number of ether oxygens (including phenoxy) is 1. The SMILES string of the molecule is CCCCC(=O)N/N=C\c1ccc(OC(=O)c2ccccc2)cc1. The molecule has 5 heteroatoms. The van der Waals surface area contributed by atoms with Gasteiger partial charge in [0, 0.05) is 6.42 Å². The second-order valence-corrected chi connectivity index (χ2v) is 5.22. The summed E-state index contributed by atoms with van der Waals surface area (Å²) in [5.74, 6) is -0.0466. The van der Waals surface area contributed by atoms with E-state index in [1.54, 1.807) is 54.7 Å². The number of hydrazone groups is 1. The Balaban J connectivity index is 1.86. The third-order valence-corrected chi connectivity index (χ3v) is 3.26. The molecule has 124 valence electrons. The first-order chi connectivity index (χ1) is 11.7. The highest BCUT2D eigenvalue weighted by atomic mass is 16.5. The highest BCUT2D eigenvalue weighted by molar-refractivity contribution is 5.91. The van der Waals surface area contributed by atoms with E-state index in [9.17, 15) is 9.59 Å². The monoisotopic (exact) mass is 324 g/mol. The molecule has 0 spiro atoms. The molecule has 0 fully saturated rings. The number of carbonyl (C=O) groups excluding carboxylic acids is 2. The normalized spacial score (nSPS) is 10.5. The lowest BCUT2D eigenvalue weighted by atomic mass is 10.2. The molecule has 2 aromatic carbocycles. The number of benzene rings is 2. The Hall–Kier alpha value is -2.95. The van der Waals surface area contributed by atoms with Crippen LogP contribution in [0, 0.1) is 0 Å². The minimum absolute atomic E-state index is 0.0958. The second-order valence-electron chi connectivity index (χ2n) is 5.22. The number of rotatable bonds is 7. The summed E-state index contributed by atoms with van der Waals surface area (Å²) in [6.45, 7) is 2.03. The van der Waals surface area contributed by atoms with Gasteiger partial charge in [0.05, 0.1) is 11.8 Å². The molecule has 24 heavy (non-hydrogen) atoms. The van der Waals surface area contributed by atoms with Crippen molar-refractivity contribution in [2.24, 2.45) is 5.10 Å². The van der Waals surface area contributed by atoms with Gasteiger partial charge in [0.15, 0.2) is 0 Å². The Kier molecular flexibility index (Phi) is 6.71. The maximum Gasteiger partial charge on any atom is 0.343 e. The van der Waals surface area contributed by atoms with Crippen LogP contribution in [0.4, 0.5) is 0 Å². The van der Waals surface area contributed by atoms with Crippen LogP contribution in [0.5, 0.6) is 5.75 Å². The standard InChI is InChI=1S/C19H20N2O3/c1-2-3-9-18(22)21-20-14-15-10-12-17(13-11-15)24-19(23)16-7-5-4-6-8-16/h4-8,10-14H,2-3,9H2,1H3,(H,21,22)/b20-14-. The molecule has 0 bridgehead atoms. The maximum absolute atomic E-state index is 11.9. The molecule has 1 N–H and O–H groups in total. The van der Waals surface area contributed by atoms with E-state index < -0.39 is 5.97 Å². The molecular formula is C19H20N2O3. The predicted molar refractivity (Wildman–Crippen MR) is 93.1 cm³/mol. The van der Waals surface area contributed by atoms with Crippen molar-refractivity contribution in [2.45, 2.75) is 26.2 Å². The van der Waals surface area contributed by atoms with Crippen molar-refractivity contribution in [3.8, 4) is 5.75 Å². The summed E-state index contributed by atoms with van der Waals surface area (Å²) in [6, 6.07) is 15.7. The van der Waals surface area contributed by atoms with Crippen LogP contribution in [0.3, 0.4) is 0 Å². The number of nitrogens with zero attached hydrogens (tertiary/aromatic N) is 1. The van der Waals surface area contributed by atoms with E-state index in [0.29, 0.717) is 17.7 Å². The fraction of sp³-hybridized carbons (Fsp3) is 0.211. The molecule has 0 radical (unpaired) electrons. The molecule has 2 aromatic rings. The first-order valence-corrected chi connectivity index (χ1v) is 7.88. The largest absolute Gasteiger partial charge is 0.423 e. The predicted octanol–water partition coefficient (Wildman–Crippen LogP) is 3.55. The summed E-state index contributed by atoms with van der Waals surface area (Å²) in [5, 5.41) is 3.90. The molecule has 0 saturated heterocycles. The zero-order valence-electron chi connectivity index (χ0n) is 13.6. The molecule has 0 heterocycles. The maximum atomic E-state index is 11.9. The van der Waals surface area contributed by atoms with E-state index in [1.807, 2.05) is 13.0 Å². The van der Waals surface area contributed by atoms with Crippen molar-refractivity contribution in [1.82, 2.24) is 5.43 Å². The molecule has 0 aliphatic carbocycles. The van der Waals surface area contributed by atoms with Crippen LogP contribution >= 0.6 is 0 Å². The van der Waals surface area contributed by atoms with Gasteiger partial charge in [-0.05, 0) is 48.4 Å². The van der Waals surface area contributed by atoms with Crippen molar-refractivity contribution in [2.75, 3.05) is 0 Å². The lowest BCUT2D eigenvalue weighted by molar-refractivity contribution is -0.121. The molecule has 0 saturated carbocycles. The number of amides is 1. The average molecular weight is 324 g/mol. The van der Waals surface area contributed by atoms with E-state index in [-0.39, 0.29) is 5.91 Å². The van der Waals surface area contributed by atoms with Crippen molar-refractivity contribution in [3.05, 3.63) is 65.7 Å². The van der Waals surface area contributed by atoms with Gasteiger partial charge >= 0.3 is 5.97 Å². The molecular weight excluding hydrogens is 304 g/mol. The molecule has 0 aliphatic heterocycles. The summed E-state index contributed by atoms with van der Waals surface area (Å²) in [5.41, 5.74) is 3.77. The second kappa shape index (κ2) is 9.25. The molecule has 5 nitrogen and oxygen atoms in total. The van der Waals surface area contributed by atoms with Crippen molar-refractivity contribution in [1.29, 1.82) is 0 Å². The fourth-order valence-corrected chi connectivity index (χ4v) is 1.93. The molecule has 1 amide bonds. The number of hydrogen-bond acceptors (Lipinski definition) is 4. The highest BCUT2D eigenvalue weighted by Crippen LogP contribution is 2.13. The first kappa shape index (κ1) is 17.4. The first-order valence-electron chi connectivity index (χ1n) is 7.88. The molecule has 0 unspecified atom stereocenters. The van der Waals surface area contributed by atoms with Crippen LogP contribution in [-0.4, -0.2) is 18.1 Å². The van der Waals surface area contributed by atoms with E-state index in [2.05, 4.69) is 10.5 Å². The topological polar surface area (TPSA) is 67.8 Å². The number of esters is 1. The number of hydrogen-bond donors (Lipinski definition) is 1. The summed E-state index contributed by atoms with van der Waals surface area (Å²) in [6.07, 6.45) is 3.85. The van der Waals surface area contributed by atoms with Gasteiger partial charge in [-0.25, -0.2) is 10.2 Å². The Morgan fingerprint density at radius 2 is 1.79 bits per heavy atom. The van der Waals surface area contributed by atoms with Crippen molar-refractivity contribution >= 4 is 18.1 Å². The van der Waals surface area contributed by atoms with E-state index >= 15 is 0 Å². The zero-order chi connectivity index (χ0) is 17.2. The molecule has 2 rings (SSSR count). The minimum atomic E-state index is -0.403. The Labute approximate surface area is 141 Å². The van der Waals surface area contributed by atoms with Gasteiger partial charge in [-0.1, -0.05) is 31.5 Å². The Bertz CT molecular complexity index is 694. The van der Waals surface area contributed by atoms with E-state index in [0.717, 1.165) is 18.4 Å². The quantitative estimate of drug-likeness (QED) is 0.366. The van der Waals surface area contributed by atoms with Crippen molar-refractivity contribution in [3.63, 3.8) is 0 Å². The van der Waals surface area contributed by atoms with Gasteiger partial charge in [0.25, 0.3) is 0 Å². The van der Waals surface area contributed by atoms with Gasteiger partial charge < -0.3 is 4.74 Å². The number of unbranched alkanes of at least 4 members (excludes halogenated alkanes) is 1. The van der Waals surface area contributed by atoms with Gasteiger partial charge in [-0.15, -0.1) is 0 Å². The van der Waals surface area contributed by atoms with E-state index in [1.165, 1.54) is 0 Å². The molecule has 0 aliphatic rings. The van der Waals surface area contributed by atoms with Crippen LogP contribution in [0.1, 0.15) is 42.1 Å². The summed E-state index contributed by atoms with van der Waals surface area (Å²) < 4.78 is 5.29. The van der Waals surface area contributed by atoms with Crippen molar-refractivity contribution < 1.29 is 14.3 Å². The highest BCUT2D eigenvalue weighted by Gasteiger charge is 2.07. The van der Waals surface area contributed by atoms with Crippen LogP contribution in [0.25, 0.3) is 0 Å². The van der Waals surface area contributed by atoms with Gasteiger partial charge in [-0.2, -0.15) is 5.10 Å². The third kappa shape index (κ3) is 5.68. The smallest absolute Gasteiger partial charge is 0.343 e. The van der Waals surface area contributed by atoms with Gasteiger partial charge in [0.1, 0.15) is 5.75 Å². The van der Waals surface area contributed by atoms with Crippen LogP contribution < -0.4 is 10.2 Å². The summed E-state index contributed by atoms with van der Waals surface area (Å²) in [4.78, 5) is 23.4. The third-order valence-electron chi connectivity index (χ3n) is 3.26. The molecule has 0 atom stereocenters. The lowest BCUT2D eigenvalue weighted by Gasteiger charge is -2.04. The van der Waals surface area contributed by atoms with Gasteiger partial charge in [0.2, 0.25) is 5.91 Å². The van der Waals surface area contributed by atoms with Crippen LogP contribution in [-0.2, 0) is 4.79 Å². The average Bonchev–Trinajstić information content (AvgIpc) is 2.62. The molecule has 0 aromatic heterocycles.